The third-order valence-electron chi connectivity index (χ3n) is 6.28. The van der Waals surface area contributed by atoms with Crippen molar-refractivity contribution in [2.24, 2.45) is 0 Å². The molecule has 4 aromatic heterocycles. The van der Waals surface area contributed by atoms with Gasteiger partial charge in [0.1, 0.15) is 27.4 Å². The van der Waals surface area contributed by atoms with Gasteiger partial charge >= 0.3 is 0 Å². The highest BCUT2D eigenvalue weighted by Crippen LogP contribution is 2.42. The van der Waals surface area contributed by atoms with Crippen molar-refractivity contribution in [3.8, 4) is 0 Å². The number of thiazole rings is 1. The lowest BCUT2D eigenvalue weighted by atomic mass is 9.90. The van der Waals surface area contributed by atoms with Crippen molar-refractivity contribution in [3.63, 3.8) is 0 Å². The molecule has 0 aromatic carbocycles. The molecule has 2 aliphatic rings. The number of nitrogens with zero attached hydrogens (tertiary/aromatic N) is 6. The maximum absolute atomic E-state index is 13.3. The topological polar surface area (TPSA) is 115 Å². The minimum Gasteiger partial charge on any atom is -0.370 e. The molecule has 1 fully saturated rings. The molecule has 1 N–H and O–H groups in total. The molecular weight excluding hydrogens is 474 g/mol. The molecule has 34 heavy (non-hydrogen) atoms. The van der Waals surface area contributed by atoms with E-state index in [0.29, 0.717) is 28.4 Å². The molecule has 0 aliphatic carbocycles. The average molecular weight is 498 g/mol. The highest BCUT2D eigenvalue weighted by atomic mass is 32.1. The SMILES string of the molecule is CC1(C)Cc2c(c(N3CCCC3)nc3sc4c(=O)n(CC(=O)Nc5nccs5)nnc4c23)CO1. The predicted molar refractivity (Wildman–Crippen MR) is 132 cm³/mol. The summed E-state index contributed by atoms with van der Waals surface area (Å²) in [5.74, 6) is 0.579. The number of pyridine rings is 1. The van der Waals surface area contributed by atoms with Crippen LogP contribution in [0.25, 0.3) is 20.4 Å². The Morgan fingerprint density at radius 2 is 2.09 bits per heavy atom. The maximum Gasteiger partial charge on any atom is 0.288 e. The largest absolute Gasteiger partial charge is 0.370 e. The number of thiophene rings is 1. The minimum absolute atomic E-state index is 0.235. The molecule has 0 bridgehead atoms. The van der Waals surface area contributed by atoms with Crippen molar-refractivity contribution in [2.45, 2.75) is 51.9 Å². The van der Waals surface area contributed by atoms with E-state index in [4.69, 9.17) is 9.72 Å². The summed E-state index contributed by atoms with van der Waals surface area (Å²) in [7, 11) is 0. The molecule has 10 nitrogen and oxygen atoms in total. The van der Waals surface area contributed by atoms with Gasteiger partial charge in [-0.15, -0.1) is 27.8 Å². The van der Waals surface area contributed by atoms with E-state index in [9.17, 15) is 9.59 Å². The molecule has 6 rings (SSSR count). The van der Waals surface area contributed by atoms with E-state index < -0.39 is 0 Å². The Hall–Kier alpha value is -2.96. The molecule has 1 amide bonds. The standard InChI is InChI=1S/C22H23N7O3S2/c1-22(2)9-12-13(11-32-22)18(28-6-3-4-7-28)25-19-15(12)16-17(34-19)20(31)29(27-26-16)10-14(30)24-21-23-5-8-33-21/h5,8H,3-4,6-7,9-11H2,1-2H3,(H,23,24,30). The first-order valence-corrected chi connectivity index (χ1v) is 12.9. The summed E-state index contributed by atoms with van der Waals surface area (Å²) in [6.07, 6.45) is 4.60. The highest BCUT2D eigenvalue weighted by Gasteiger charge is 2.33. The van der Waals surface area contributed by atoms with E-state index in [1.165, 1.54) is 22.7 Å². The summed E-state index contributed by atoms with van der Waals surface area (Å²) in [4.78, 5) is 37.8. The first-order chi connectivity index (χ1) is 16.4. The van der Waals surface area contributed by atoms with Crippen LogP contribution in [-0.2, 0) is 29.1 Å². The number of hydrogen-bond donors (Lipinski definition) is 1. The second kappa shape index (κ2) is 8.07. The summed E-state index contributed by atoms with van der Waals surface area (Å²) in [5, 5.41) is 14.3. The van der Waals surface area contributed by atoms with Crippen LogP contribution in [-0.4, -0.2) is 49.6 Å². The van der Waals surface area contributed by atoms with Crippen molar-refractivity contribution in [1.82, 2.24) is 25.0 Å². The average Bonchev–Trinajstić information content (AvgIpc) is 3.55. The summed E-state index contributed by atoms with van der Waals surface area (Å²) < 4.78 is 7.71. The van der Waals surface area contributed by atoms with Gasteiger partial charge in [0.2, 0.25) is 5.91 Å². The Labute approximate surface area is 202 Å². The molecule has 0 radical (unpaired) electrons. The third-order valence-corrected chi connectivity index (χ3v) is 8.03. The van der Waals surface area contributed by atoms with Gasteiger partial charge < -0.3 is 15.0 Å². The monoisotopic (exact) mass is 497 g/mol. The van der Waals surface area contributed by atoms with Gasteiger partial charge in [0.25, 0.3) is 5.56 Å². The third kappa shape index (κ3) is 3.65. The van der Waals surface area contributed by atoms with Crippen molar-refractivity contribution in [1.29, 1.82) is 0 Å². The van der Waals surface area contributed by atoms with Gasteiger partial charge in [-0.2, -0.15) is 0 Å². The number of hydrogen-bond acceptors (Lipinski definition) is 10. The Morgan fingerprint density at radius 1 is 1.26 bits per heavy atom. The van der Waals surface area contributed by atoms with Gasteiger partial charge in [-0.05, 0) is 32.3 Å². The van der Waals surface area contributed by atoms with Crippen molar-refractivity contribution in [2.75, 3.05) is 23.3 Å². The molecule has 0 atom stereocenters. The molecule has 4 aromatic rings. The van der Waals surface area contributed by atoms with Gasteiger partial charge in [-0.25, -0.2) is 14.6 Å². The number of rotatable bonds is 4. The van der Waals surface area contributed by atoms with Crippen molar-refractivity contribution in [3.05, 3.63) is 33.1 Å². The number of aromatic nitrogens is 5. The van der Waals surface area contributed by atoms with Crippen LogP contribution in [0.1, 0.15) is 37.8 Å². The lowest BCUT2D eigenvalue weighted by Crippen LogP contribution is -2.34. The zero-order chi connectivity index (χ0) is 23.4. The molecule has 12 heteroatoms. The first kappa shape index (κ1) is 21.6. The zero-order valence-corrected chi connectivity index (χ0v) is 20.5. The summed E-state index contributed by atoms with van der Waals surface area (Å²) in [5.41, 5.74) is 2.11. The predicted octanol–water partition coefficient (Wildman–Crippen LogP) is 2.95. The molecule has 176 valence electrons. The van der Waals surface area contributed by atoms with Crippen LogP contribution in [0.4, 0.5) is 10.9 Å². The molecule has 0 unspecified atom stereocenters. The minimum atomic E-state index is -0.377. The normalized spacial score (nSPS) is 17.4. The molecular formula is C22H23N7O3S2. The molecule has 2 aliphatic heterocycles. The van der Waals surface area contributed by atoms with Gasteiger partial charge in [0.05, 0.1) is 12.2 Å². The highest BCUT2D eigenvalue weighted by molar-refractivity contribution is 7.25. The Balaban J connectivity index is 1.47. The lowest BCUT2D eigenvalue weighted by molar-refractivity contribution is -0.117. The lowest BCUT2D eigenvalue weighted by Gasteiger charge is -2.34. The number of ether oxygens (including phenoxy) is 1. The fourth-order valence-corrected chi connectivity index (χ4v) is 6.30. The second-order valence-corrected chi connectivity index (χ2v) is 11.1. The van der Waals surface area contributed by atoms with Gasteiger partial charge in [0.15, 0.2) is 5.13 Å². The van der Waals surface area contributed by atoms with Crippen molar-refractivity contribution < 1.29 is 9.53 Å². The molecule has 6 heterocycles. The van der Waals surface area contributed by atoms with Crippen molar-refractivity contribution >= 4 is 60.0 Å². The summed E-state index contributed by atoms with van der Waals surface area (Å²) >= 11 is 2.63. The fourth-order valence-electron chi connectivity index (χ4n) is 4.67. The molecule has 1 saturated heterocycles. The second-order valence-electron chi connectivity index (χ2n) is 9.21. The number of carbonyl (C=O) groups excluding carboxylic acids is 1. The van der Waals surface area contributed by atoms with E-state index >= 15 is 0 Å². The number of amides is 1. The molecule has 0 saturated carbocycles. The summed E-state index contributed by atoms with van der Waals surface area (Å²) in [6, 6.07) is 0. The van der Waals surface area contributed by atoms with E-state index in [1.807, 2.05) is 0 Å². The Kier molecular flexibility index (Phi) is 5.12. The van der Waals surface area contributed by atoms with Crippen LogP contribution in [0.5, 0.6) is 0 Å². The fraction of sp³-hybridized carbons (Fsp3) is 0.455. The van der Waals surface area contributed by atoms with E-state index in [-0.39, 0.29) is 23.6 Å². The van der Waals surface area contributed by atoms with Crippen LogP contribution < -0.4 is 15.8 Å². The number of nitrogens with one attached hydrogen (secondary N) is 1. The Morgan fingerprint density at radius 3 is 2.85 bits per heavy atom. The van der Waals surface area contributed by atoms with Gasteiger partial charge in [0, 0.05) is 42.0 Å². The van der Waals surface area contributed by atoms with E-state index in [0.717, 1.165) is 57.8 Å². The van der Waals surface area contributed by atoms with Crippen LogP contribution in [0, 0.1) is 0 Å². The number of carbonyl (C=O) groups is 1. The number of anilines is 2. The quantitative estimate of drug-likeness (QED) is 0.458. The zero-order valence-electron chi connectivity index (χ0n) is 18.8. The van der Waals surface area contributed by atoms with E-state index in [1.54, 1.807) is 11.6 Å². The van der Waals surface area contributed by atoms with Gasteiger partial charge in [-0.1, -0.05) is 5.21 Å². The van der Waals surface area contributed by atoms with E-state index in [2.05, 4.69) is 39.4 Å². The van der Waals surface area contributed by atoms with Crippen LogP contribution in [0.3, 0.4) is 0 Å². The maximum atomic E-state index is 13.3. The smallest absolute Gasteiger partial charge is 0.288 e. The van der Waals surface area contributed by atoms with Crippen LogP contribution in [0.15, 0.2) is 16.4 Å². The first-order valence-electron chi connectivity index (χ1n) is 11.2. The number of fused-ring (bicyclic) bond motifs is 5. The van der Waals surface area contributed by atoms with Crippen LogP contribution in [0.2, 0.25) is 0 Å². The molecule has 0 spiro atoms. The Bertz CT molecular complexity index is 1470. The van der Waals surface area contributed by atoms with Gasteiger partial charge in [-0.3, -0.25) is 9.59 Å². The summed E-state index contributed by atoms with van der Waals surface area (Å²) in [6.45, 7) is 6.34. The van der Waals surface area contributed by atoms with Crippen LogP contribution >= 0.6 is 22.7 Å².